The summed E-state index contributed by atoms with van der Waals surface area (Å²) in [6.45, 7) is 7.57. The van der Waals surface area contributed by atoms with Crippen molar-refractivity contribution in [2.45, 2.75) is 284 Å². The van der Waals surface area contributed by atoms with Crippen molar-refractivity contribution < 1.29 is 23.8 Å². The lowest BCUT2D eigenvalue weighted by molar-refractivity contribution is -0.163. The monoisotopic (exact) mass is 947 g/mol. The Labute approximate surface area is 422 Å². The molecule has 1 atom stereocenters. The van der Waals surface area contributed by atoms with Gasteiger partial charge in [-0.1, -0.05) is 260 Å². The zero-order chi connectivity index (χ0) is 49.2. The van der Waals surface area contributed by atoms with Crippen LogP contribution in [0.3, 0.4) is 0 Å². The van der Waals surface area contributed by atoms with Crippen LogP contribution in [0, 0.1) is 0 Å². The normalized spacial score (nSPS) is 12.8. The van der Waals surface area contributed by atoms with Gasteiger partial charge in [-0.05, 0) is 89.9 Å². The van der Waals surface area contributed by atoms with Gasteiger partial charge in [0.05, 0.1) is 6.61 Å². The first kappa shape index (κ1) is 65.1. The van der Waals surface area contributed by atoms with E-state index in [1.807, 2.05) is 0 Å². The second kappa shape index (κ2) is 58.4. The number of carbonyl (C=O) groups is 2. The highest BCUT2D eigenvalue weighted by Gasteiger charge is 2.17. The van der Waals surface area contributed by atoms with Gasteiger partial charge in [0.25, 0.3) is 0 Å². The van der Waals surface area contributed by atoms with E-state index in [4.69, 9.17) is 14.2 Å². The molecule has 0 saturated heterocycles. The Morgan fingerprint density at radius 2 is 0.662 bits per heavy atom. The van der Waals surface area contributed by atoms with Crippen LogP contribution in [0.15, 0.2) is 85.1 Å². The molecule has 1 unspecified atom stereocenters. The second-order valence-electron chi connectivity index (χ2n) is 19.1. The number of unbranched alkanes of at least 4 members (excludes halogenated alkanes) is 28. The molecule has 0 radical (unpaired) electrons. The van der Waals surface area contributed by atoms with Crippen LogP contribution in [-0.4, -0.2) is 37.9 Å². The van der Waals surface area contributed by atoms with Crippen LogP contribution in [0.1, 0.15) is 278 Å². The van der Waals surface area contributed by atoms with Crippen molar-refractivity contribution in [1.82, 2.24) is 0 Å². The molecule has 0 aromatic carbocycles. The molecule has 0 N–H and O–H groups in total. The predicted molar refractivity (Wildman–Crippen MR) is 297 cm³/mol. The summed E-state index contributed by atoms with van der Waals surface area (Å²) in [5.74, 6) is -0.418. The van der Waals surface area contributed by atoms with Crippen LogP contribution < -0.4 is 0 Å². The Balaban J connectivity index is 4.29. The van der Waals surface area contributed by atoms with Gasteiger partial charge in [0, 0.05) is 19.4 Å². The van der Waals surface area contributed by atoms with Crippen molar-refractivity contribution in [2.75, 3.05) is 19.8 Å². The molecule has 0 spiro atoms. The standard InChI is InChI=1S/C63H110O5/c1-4-7-10-13-16-19-22-25-28-30-32-34-36-38-41-44-47-50-53-56-62(64)67-60-61(59-66-58-55-52-49-46-43-40-27-24-21-18-15-12-9-6-3)68-63(65)57-54-51-48-45-42-39-37-35-33-31-29-26-23-20-17-14-11-8-5-2/h7,9-10,12,16,18-19,21,25,27-28,32,34,40,61H,4-6,8,11,13-15,17,20,22-24,26,29-31,33,35-39,41-60H2,1-3H3/b10-7-,12-9-,19-16-,21-18-,28-25-,34-32-,40-27-. The minimum absolute atomic E-state index is 0.0675. The molecule has 0 aromatic rings. The third-order valence-corrected chi connectivity index (χ3v) is 12.4. The molecular weight excluding hydrogens is 837 g/mol. The van der Waals surface area contributed by atoms with E-state index in [-0.39, 0.29) is 25.2 Å². The molecule has 0 heterocycles. The summed E-state index contributed by atoms with van der Waals surface area (Å²) in [5.41, 5.74) is 0. The first-order valence-corrected chi connectivity index (χ1v) is 29.1. The summed E-state index contributed by atoms with van der Waals surface area (Å²) in [7, 11) is 0. The summed E-state index contributed by atoms with van der Waals surface area (Å²) in [6, 6.07) is 0. The van der Waals surface area contributed by atoms with Crippen molar-refractivity contribution in [3.05, 3.63) is 85.1 Å². The van der Waals surface area contributed by atoms with E-state index >= 15 is 0 Å². The van der Waals surface area contributed by atoms with E-state index < -0.39 is 6.10 Å². The summed E-state index contributed by atoms with van der Waals surface area (Å²) < 4.78 is 17.5. The quantitative estimate of drug-likeness (QED) is 0.0345. The zero-order valence-corrected chi connectivity index (χ0v) is 45.1. The molecule has 392 valence electrons. The molecule has 0 amide bonds. The van der Waals surface area contributed by atoms with Crippen LogP contribution >= 0.6 is 0 Å². The van der Waals surface area contributed by atoms with Crippen LogP contribution in [0.5, 0.6) is 0 Å². The molecule has 0 aliphatic rings. The van der Waals surface area contributed by atoms with Crippen LogP contribution in [0.2, 0.25) is 0 Å². The first-order valence-electron chi connectivity index (χ1n) is 29.1. The lowest BCUT2D eigenvalue weighted by Gasteiger charge is -2.18. The average Bonchev–Trinajstić information content (AvgIpc) is 3.34. The molecule has 0 bridgehead atoms. The number of carbonyl (C=O) groups excluding carboxylic acids is 2. The molecule has 0 rings (SSSR count). The first-order chi connectivity index (χ1) is 33.6. The SMILES string of the molecule is CC/C=C\C/C=C\C/C=C\C/C=C\CCCCCCCCC(=O)OCC(COCCCCCC/C=C\C/C=C\C/C=C\CC)OC(=O)CCCCCCCCCCCCCCCCCCCCC. The maximum atomic E-state index is 12.9. The topological polar surface area (TPSA) is 61.8 Å². The minimum atomic E-state index is -0.557. The van der Waals surface area contributed by atoms with E-state index in [1.54, 1.807) is 0 Å². The van der Waals surface area contributed by atoms with Crippen LogP contribution in [0.4, 0.5) is 0 Å². The van der Waals surface area contributed by atoms with Gasteiger partial charge in [-0.25, -0.2) is 0 Å². The van der Waals surface area contributed by atoms with Crippen LogP contribution in [0.25, 0.3) is 0 Å². The number of hydrogen-bond acceptors (Lipinski definition) is 5. The van der Waals surface area contributed by atoms with Crippen molar-refractivity contribution >= 4 is 11.9 Å². The van der Waals surface area contributed by atoms with E-state index in [2.05, 4.69) is 106 Å². The summed E-state index contributed by atoms with van der Waals surface area (Å²) >= 11 is 0. The molecule has 0 saturated carbocycles. The van der Waals surface area contributed by atoms with E-state index in [0.29, 0.717) is 19.4 Å². The smallest absolute Gasteiger partial charge is 0.306 e. The zero-order valence-electron chi connectivity index (χ0n) is 45.1. The van der Waals surface area contributed by atoms with Crippen LogP contribution in [-0.2, 0) is 23.8 Å². The summed E-state index contributed by atoms with van der Waals surface area (Å²) in [5, 5.41) is 0. The molecule has 0 aromatic heterocycles. The molecule has 0 fully saturated rings. The largest absolute Gasteiger partial charge is 0.462 e. The van der Waals surface area contributed by atoms with E-state index in [9.17, 15) is 9.59 Å². The molecule has 0 aliphatic heterocycles. The van der Waals surface area contributed by atoms with Gasteiger partial charge < -0.3 is 14.2 Å². The number of rotatable bonds is 53. The fourth-order valence-corrected chi connectivity index (χ4v) is 8.16. The number of esters is 2. The predicted octanol–water partition coefficient (Wildman–Crippen LogP) is 20.0. The Morgan fingerprint density at radius 3 is 1.06 bits per heavy atom. The van der Waals surface area contributed by atoms with E-state index in [0.717, 1.165) is 103 Å². The fraction of sp³-hybridized carbons (Fsp3) is 0.746. The highest BCUT2D eigenvalue weighted by atomic mass is 16.6. The molecule has 5 nitrogen and oxygen atoms in total. The maximum Gasteiger partial charge on any atom is 0.306 e. The fourth-order valence-electron chi connectivity index (χ4n) is 8.16. The Bertz CT molecular complexity index is 1250. The molecular formula is C63H110O5. The van der Waals surface area contributed by atoms with Gasteiger partial charge >= 0.3 is 11.9 Å². The Hall–Kier alpha value is -2.92. The number of allylic oxidation sites excluding steroid dienone is 14. The highest BCUT2D eigenvalue weighted by molar-refractivity contribution is 5.70. The highest BCUT2D eigenvalue weighted by Crippen LogP contribution is 2.16. The molecule has 5 heteroatoms. The summed E-state index contributed by atoms with van der Waals surface area (Å²) in [6.07, 6.45) is 77.5. The number of hydrogen-bond donors (Lipinski definition) is 0. The molecule has 0 aliphatic carbocycles. The lowest BCUT2D eigenvalue weighted by atomic mass is 10.0. The van der Waals surface area contributed by atoms with E-state index in [1.165, 1.54) is 141 Å². The van der Waals surface area contributed by atoms with Gasteiger partial charge in [0.1, 0.15) is 6.61 Å². The Morgan fingerprint density at radius 1 is 0.338 bits per heavy atom. The van der Waals surface area contributed by atoms with Crippen molar-refractivity contribution in [3.8, 4) is 0 Å². The maximum absolute atomic E-state index is 12.9. The third-order valence-electron chi connectivity index (χ3n) is 12.4. The second-order valence-corrected chi connectivity index (χ2v) is 19.1. The van der Waals surface area contributed by atoms with Gasteiger partial charge in [0.2, 0.25) is 0 Å². The summed E-state index contributed by atoms with van der Waals surface area (Å²) in [4.78, 5) is 25.5. The van der Waals surface area contributed by atoms with Crippen molar-refractivity contribution in [1.29, 1.82) is 0 Å². The van der Waals surface area contributed by atoms with Crippen molar-refractivity contribution in [2.24, 2.45) is 0 Å². The minimum Gasteiger partial charge on any atom is -0.462 e. The van der Waals surface area contributed by atoms with Gasteiger partial charge in [-0.2, -0.15) is 0 Å². The Kier molecular flexibility index (Phi) is 55.9. The average molecular weight is 948 g/mol. The molecule has 68 heavy (non-hydrogen) atoms. The van der Waals surface area contributed by atoms with Crippen molar-refractivity contribution in [3.63, 3.8) is 0 Å². The van der Waals surface area contributed by atoms with Gasteiger partial charge in [-0.3, -0.25) is 9.59 Å². The third kappa shape index (κ3) is 55.7. The van der Waals surface area contributed by atoms with Gasteiger partial charge in [-0.15, -0.1) is 0 Å². The lowest BCUT2D eigenvalue weighted by Crippen LogP contribution is -2.30. The number of ether oxygens (including phenoxy) is 3. The van der Waals surface area contributed by atoms with Gasteiger partial charge in [0.15, 0.2) is 6.10 Å².